The van der Waals surface area contributed by atoms with Crippen molar-refractivity contribution in [3.63, 3.8) is 0 Å². The van der Waals surface area contributed by atoms with Gasteiger partial charge in [-0.15, -0.1) is 23.4 Å². The molecule has 0 spiro atoms. The van der Waals surface area contributed by atoms with Crippen molar-refractivity contribution in [1.29, 1.82) is 0 Å². The van der Waals surface area contributed by atoms with Crippen LogP contribution < -0.4 is 5.32 Å². The molecule has 0 atom stereocenters. The molecule has 7 rings (SSSR count). The largest absolute Gasteiger partial charge is 0.523 e. The minimum absolute atomic E-state index is 0.118. The molecule has 4 saturated carbocycles. The van der Waals surface area contributed by atoms with Crippen LogP contribution in [-0.2, 0) is 15.8 Å². The van der Waals surface area contributed by atoms with Crippen LogP contribution in [0.4, 0.5) is 13.2 Å². The van der Waals surface area contributed by atoms with Crippen molar-refractivity contribution >= 4 is 28.4 Å². The summed E-state index contributed by atoms with van der Waals surface area (Å²) >= 11 is 5.95. The number of rotatable bonds is 5. The number of alkyl halides is 3. The predicted octanol–water partition coefficient (Wildman–Crippen LogP) is 4.79. The lowest BCUT2D eigenvalue weighted by Crippen LogP contribution is -2.76. The van der Waals surface area contributed by atoms with Crippen molar-refractivity contribution in [1.82, 2.24) is 20.5 Å². The van der Waals surface area contributed by atoms with Gasteiger partial charge in [0.2, 0.25) is 11.8 Å². The minimum Gasteiger partial charge on any atom is -0.421 e. The van der Waals surface area contributed by atoms with Crippen LogP contribution in [-0.4, -0.2) is 33.0 Å². The summed E-state index contributed by atoms with van der Waals surface area (Å²) in [5.41, 5.74) is -1.18. The molecular weight excluding hydrogens is 461 g/mol. The third-order valence-electron chi connectivity index (χ3n) is 7.06. The normalized spacial score (nSPS) is 27.4. The van der Waals surface area contributed by atoms with Gasteiger partial charge in [-0.2, -0.15) is 0 Å². The Kier molecular flexibility index (Phi) is 4.21. The molecule has 1 N–H and O–H groups in total. The van der Waals surface area contributed by atoms with Gasteiger partial charge in [-0.05, 0) is 56.7 Å². The molecular formula is C22H18ClF3N4O3. The average Bonchev–Trinajstić information content (AvgIpc) is 3.15. The lowest BCUT2D eigenvalue weighted by molar-refractivity contribution is -0.387. The summed E-state index contributed by atoms with van der Waals surface area (Å²) in [5, 5.41) is 12.4. The lowest BCUT2D eigenvalue weighted by atomic mass is 9.39. The number of fused-ring (bicyclic) bond motifs is 1. The molecule has 11 heteroatoms. The fourth-order valence-electron chi connectivity index (χ4n) is 5.40. The molecule has 33 heavy (non-hydrogen) atoms. The Balaban J connectivity index is 1.13. The van der Waals surface area contributed by atoms with E-state index in [4.69, 9.17) is 16.0 Å². The zero-order valence-corrected chi connectivity index (χ0v) is 18.0. The highest BCUT2D eigenvalue weighted by Gasteiger charge is 2.72. The van der Waals surface area contributed by atoms with Crippen LogP contribution in [0.5, 0.6) is 0 Å². The number of carbonyl (C=O) groups excluding carboxylic acids is 1. The molecule has 0 unspecified atom stereocenters. The number of amides is 1. The number of hydrogen-bond donors (Lipinski definition) is 1. The topological polar surface area (TPSA) is 90.1 Å². The van der Waals surface area contributed by atoms with E-state index in [1.807, 2.05) is 0 Å². The first-order valence-electron chi connectivity index (χ1n) is 10.6. The Morgan fingerprint density at radius 3 is 2.52 bits per heavy atom. The van der Waals surface area contributed by atoms with Crippen LogP contribution in [0.2, 0.25) is 5.02 Å². The molecule has 2 aromatic heterocycles. The molecule has 0 aliphatic heterocycles. The second-order valence-corrected chi connectivity index (χ2v) is 9.85. The van der Waals surface area contributed by atoms with Crippen molar-refractivity contribution in [2.45, 2.75) is 61.4 Å². The van der Waals surface area contributed by atoms with E-state index in [1.54, 1.807) is 24.3 Å². The van der Waals surface area contributed by atoms with Crippen molar-refractivity contribution in [2.75, 3.05) is 0 Å². The predicted molar refractivity (Wildman–Crippen MR) is 109 cm³/mol. The van der Waals surface area contributed by atoms with Gasteiger partial charge in [-0.1, -0.05) is 17.7 Å². The molecule has 3 aromatic rings. The number of nitrogens with one attached hydrogen (secondary N) is 1. The number of benzene rings is 1. The van der Waals surface area contributed by atoms with Crippen LogP contribution >= 0.6 is 11.6 Å². The highest BCUT2D eigenvalue weighted by atomic mass is 35.5. The molecule has 4 aliphatic carbocycles. The lowest BCUT2D eigenvalue weighted by Gasteiger charge is -2.68. The Labute approximate surface area is 190 Å². The van der Waals surface area contributed by atoms with Crippen LogP contribution in [0, 0.1) is 0 Å². The molecule has 172 valence electrons. The van der Waals surface area contributed by atoms with Crippen LogP contribution in [0.25, 0.3) is 10.9 Å². The molecule has 7 nitrogen and oxygen atoms in total. The van der Waals surface area contributed by atoms with E-state index in [0.29, 0.717) is 47.7 Å². The van der Waals surface area contributed by atoms with E-state index in [1.165, 1.54) is 6.20 Å². The molecule has 2 bridgehead atoms. The zero-order chi connectivity index (χ0) is 23.1. The summed E-state index contributed by atoms with van der Waals surface area (Å²) in [5.74, 6) is -0.00900. The minimum atomic E-state index is -4.77. The van der Waals surface area contributed by atoms with Gasteiger partial charge in [0, 0.05) is 22.7 Å². The first kappa shape index (κ1) is 20.9. The van der Waals surface area contributed by atoms with E-state index < -0.39 is 17.4 Å². The van der Waals surface area contributed by atoms with E-state index in [0.717, 1.165) is 5.39 Å². The zero-order valence-electron chi connectivity index (χ0n) is 17.2. The monoisotopic (exact) mass is 478 g/mol. The molecule has 0 saturated heterocycles. The first-order chi connectivity index (χ1) is 15.6. The Bertz CT molecular complexity index is 1270. The summed E-state index contributed by atoms with van der Waals surface area (Å²) in [7, 11) is 0. The van der Waals surface area contributed by atoms with Gasteiger partial charge < -0.3 is 9.73 Å². The molecule has 1 aromatic carbocycles. The number of pyridine rings is 1. The van der Waals surface area contributed by atoms with Crippen molar-refractivity contribution < 1.29 is 27.1 Å². The van der Waals surface area contributed by atoms with Gasteiger partial charge in [0.1, 0.15) is 0 Å². The maximum atomic E-state index is 12.8. The van der Waals surface area contributed by atoms with E-state index in [9.17, 15) is 18.0 Å². The third-order valence-corrected chi connectivity index (χ3v) is 7.27. The standard InChI is InChI=1S/C22H18ClF3N4O3/c23-14-6-12-2-3-13(7-15(12)27-8-14)16(31)28-20-9-19(10-20,11-20)17-29-30-18(32-17)21(4-1-5-21)33-22(24,25)26/h2-3,6-8H,1,4-5,9-11H2,(H,28,31). The molecule has 0 radical (unpaired) electrons. The maximum Gasteiger partial charge on any atom is 0.523 e. The van der Waals surface area contributed by atoms with Gasteiger partial charge in [-0.3, -0.25) is 14.5 Å². The van der Waals surface area contributed by atoms with Gasteiger partial charge in [0.05, 0.1) is 16.0 Å². The van der Waals surface area contributed by atoms with E-state index in [-0.39, 0.29) is 30.2 Å². The fourth-order valence-corrected chi connectivity index (χ4v) is 5.56. The highest BCUT2D eigenvalue weighted by molar-refractivity contribution is 6.31. The van der Waals surface area contributed by atoms with Crippen LogP contribution in [0.3, 0.4) is 0 Å². The SMILES string of the molecule is O=C(NC12CC(c3nnc(C4(OC(F)(F)F)CCC4)o3)(C1)C2)c1ccc2cc(Cl)cnc2c1. The maximum absolute atomic E-state index is 12.8. The third kappa shape index (κ3) is 3.30. The Morgan fingerprint density at radius 2 is 1.85 bits per heavy atom. The number of aromatic nitrogens is 3. The van der Waals surface area contributed by atoms with Gasteiger partial charge in [0.15, 0.2) is 5.60 Å². The summed E-state index contributed by atoms with van der Waals surface area (Å²) in [6, 6.07) is 7.01. The van der Waals surface area contributed by atoms with Gasteiger partial charge >= 0.3 is 6.36 Å². The number of carbonyl (C=O) groups is 1. The Hall–Kier alpha value is -2.72. The van der Waals surface area contributed by atoms with Gasteiger partial charge in [0.25, 0.3) is 5.91 Å². The molecule has 2 heterocycles. The quantitative estimate of drug-likeness (QED) is 0.567. The summed E-state index contributed by atoms with van der Waals surface area (Å²) < 4.78 is 48.5. The second-order valence-electron chi connectivity index (χ2n) is 9.41. The second kappa shape index (κ2) is 6.66. The average molecular weight is 479 g/mol. The van der Waals surface area contributed by atoms with Crippen molar-refractivity contribution in [3.8, 4) is 0 Å². The van der Waals surface area contributed by atoms with E-state index in [2.05, 4.69) is 25.2 Å². The van der Waals surface area contributed by atoms with Crippen LogP contribution in [0.15, 0.2) is 34.9 Å². The molecule has 4 fully saturated rings. The molecule has 1 amide bonds. The Morgan fingerprint density at radius 1 is 1.12 bits per heavy atom. The summed E-state index contributed by atoms with van der Waals surface area (Å²) in [6.07, 6.45) is -0.466. The van der Waals surface area contributed by atoms with Crippen LogP contribution in [0.1, 0.15) is 60.7 Å². The number of ether oxygens (including phenoxy) is 1. The number of hydrogen-bond acceptors (Lipinski definition) is 6. The van der Waals surface area contributed by atoms with E-state index >= 15 is 0 Å². The first-order valence-corrected chi connectivity index (χ1v) is 11.0. The summed E-state index contributed by atoms with van der Waals surface area (Å²) in [4.78, 5) is 17.1. The molecule has 4 aliphatic rings. The number of nitrogens with zero attached hydrogens (tertiary/aromatic N) is 3. The van der Waals surface area contributed by atoms with Crippen molar-refractivity contribution in [2.24, 2.45) is 0 Å². The number of halogens is 4. The fraction of sp³-hybridized carbons (Fsp3) is 0.455. The smallest absolute Gasteiger partial charge is 0.421 e. The highest BCUT2D eigenvalue weighted by Crippen LogP contribution is 2.67. The van der Waals surface area contributed by atoms with Crippen molar-refractivity contribution in [3.05, 3.63) is 52.8 Å². The summed E-state index contributed by atoms with van der Waals surface area (Å²) in [6.45, 7) is 0. The van der Waals surface area contributed by atoms with Gasteiger partial charge in [-0.25, -0.2) is 0 Å².